The molecule has 2 heterocycles. The Morgan fingerprint density at radius 2 is 1.66 bits per heavy atom. The largest absolute Gasteiger partial charge is 0.493 e. The monoisotopic (exact) mass is 414 g/mol. The van der Waals surface area contributed by atoms with Crippen LogP contribution < -0.4 is 30.2 Å². The van der Waals surface area contributed by atoms with Crippen LogP contribution in [0.25, 0.3) is 11.2 Å². The zero-order valence-electron chi connectivity index (χ0n) is 16.6. The average molecular weight is 414 g/mol. The summed E-state index contributed by atoms with van der Waals surface area (Å²) in [6, 6.07) is 5.41. The minimum atomic E-state index is 0.515. The number of hydrogen-bond acceptors (Lipinski definition) is 8. The van der Waals surface area contributed by atoms with Crippen molar-refractivity contribution in [3.63, 3.8) is 0 Å². The minimum Gasteiger partial charge on any atom is -0.493 e. The molecule has 3 aromatic rings. The van der Waals surface area contributed by atoms with Crippen LogP contribution in [0.2, 0.25) is 0 Å². The van der Waals surface area contributed by atoms with Crippen molar-refractivity contribution in [3.05, 3.63) is 30.6 Å². The first-order chi connectivity index (χ1) is 14.1. The van der Waals surface area contributed by atoms with Gasteiger partial charge in [-0.15, -0.1) is 0 Å². The molecule has 0 aliphatic heterocycles. The van der Waals surface area contributed by atoms with Crippen LogP contribution in [0.15, 0.2) is 30.6 Å². The van der Waals surface area contributed by atoms with Crippen LogP contribution in [0.5, 0.6) is 17.2 Å². The van der Waals surface area contributed by atoms with Gasteiger partial charge in [0.05, 0.1) is 39.4 Å². The number of anilines is 3. The lowest BCUT2D eigenvalue weighted by molar-refractivity contribution is 0.324. The summed E-state index contributed by atoms with van der Waals surface area (Å²) < 4.78 is 16.1. The second-order valence-electron chi connectivity index (χ2n) is 5.85. The molecular weight excluding hydrogens is 392 g/mol. The Balaban J connectivity index is 1.89. The zero-order chi connectivity index (χ0) is 20.8. The van der Waals surface area contributed by atoms with Gasteiger partial charge in [0.2, 0.25) is 5.75 Å². The Morgan fingerprint density at radius 3 is 2.28 bits per heavy atom. The SMILES string of the molecule is CCNC(=S)Nc1cnc2ncc(Nc3cc(OC)c(OC)c(OC)c3)nc2c1. The predicted octanol–water partition coefficient (Wildman–Crippen LogP) is 3.10. The Labute approximate surface area is 173 Å². The molecule has 10 heteroatoms. The van der Waals surface area contributed by atoms with Crippen molar-refractivity contribution < 1.29 is 14.2 Å². The first-order valence-electron chi connectivity index (χ1n) is 8.82. The minimum absolute atomic E-state index is 0.515. The molecule has 0 bridgehead atoms. The van der Waals surface area contributed by atoms with E-state index in [0.29, 0.717) is 45.0 Å². The Hall–Kier alpha value is -3.40. The molecule has 0 unspecified atom stereocenters. The Morgan fingerprint density at radius 1 is 0.966 bits per heavy atom. The van der Waals surface area contributed by atoms with E-state index in [1.807, 2.05) is 13.0 Å². The first kappa shape index (κ1) is 20.3. The molecule has 0 saturated carbocycles. The van der Waals surface area contributed by atoms with E-state index in [9.17, 15) is 0 Å². The van der Waals surface area contributed by atoms with E-state index in [4.69, 9.17) is 26.4 Å². The molecule has 0 amide bonds. The van der Waals surface area contributed by atoms with Crippen LogP contribution in [0.3, 0.4) is 0 Å². The van der Waals surface area contributed by atoms with Crippen LogP contribution in [0, 0.1) is 0 Å². The second kappa shape index (κ2) is 9.20. The summed E-state index contributed by atoms with van der Waals surface area (Å²) in [7, 11) is 4.69. The molecule has 0 fully saturated rings. The van der Waals surface area contributed by atoms with Crippen LogP contribution in [-0.4, -0.2) is 47.9 Å². The summed E-state index contributed by atoms with van der Waals surface area (Å²) >= 11 is 5.21. The van der Waals surface area contributed by atoms with Crippen LogP contribution in [0.1, 0.15) is 6.92 Å². The molecule has 0 aliphatic carbocycles. The van der Waals surface area contributed by atoms with E-state index in [1.54, 1.807) is 45.9 Å². The molecule has 0 spiro atoms. The molecule has 9 nitrogen and oxygen atoms in total. The highest BCUT2D eigenvalue weighted by atomic mass is 32.1. The van der Waals surface area contributed by atoms with Gasteiger partial charge in [-0.1, -0.05) is 0 Å². The highest BCUT2D eigenvalue weighted by Gasteiger charge is 2.14. The standard InChI is InChI=1S/C19H22N6O3S/c1-5-20-19(29)24-12-6-13-18(21-9-12)22-10-16(25-13)23-11-7-14(26-2)17(28-4)15(8-11)27-3/h6-10H,5H2,1-4H3,(H,23,25)(H2,20,24,29). The van der Waals surface area contributed by atoms with Gasteiger partial charge in [0.25, 0.3) is 0 Å². The van der Waals surface area contributed by atoms with Gasteiger partial charge >= 0.3 is 0 Å². The van der Waals surface area contributed by atoms with E-state index in [-0.39, 0.29) is 0 Å². The van der Waals surface area contributed by atoms with Crippen LogP contribution >= 0.6 is 12.2 Å². The van der Waals surface area contributed by atoms with Crippen LogP contribution in [-0.2, 0) is 0 Å². The third-order valence-electron chi connectivity index (χ3n) is 3.93. The average Bonchev–Trinajstić information content (AvgIpc) is 2.72. The van der Waals surface area contributed by atoms with Crippen molar-refractivity contribution >= 4 is 45.7 Å². The fraction of sp³-hybridized carbons (Fsp3) is 0.263. The topological polar surface area (TPSA) is 102 Å². The molecule has 0 saturated heterocycles. The molecular formula is C19H22N6O3S. The van der Waals surface area contributed by atoms with Gasteiger partial charge in [-0.05, 0) is 25.2 Å². The maximum Gasteiger partial charge on any atom is 0.203 e. The van der Waals surface area contributed by atoms with Crippen LogP contribution in [0.4, 0.5) is 17.2 Å². The quantitative estimate of drug-likeness (QED) is 0.500. The first-order valence-corrected chi connectivity index (χ1v) is 9.23. The maximum atomic E-state index is 5.38. The van der Waals surface area contributed by atoms with Gasteiger partial charge in [0.15, 0.2) is 22.3 Å². The number of nitrogens with zero attached hydrogens (tertiary/aromatic N) is 3. The van der Waals surface area contributed by atoms with Gasteiger partial charge in [-0.25, -0.2) is 15.0 Å². The lowest BCUT2D eigenvalue weighted by Gasteiger charge is -2.15. The number of nitrogens with one attached hydrogen (secondary N) is 3. The summed E-state index contributed by atoms with van der Waals surface area (Å²) in [5.74, 6) is 2.13. The van der Waals surface area contributed by atoms with E-state index in [1.165, 1.54) is 0 Å². The van der Waals surface area contributed by atoms with Crippen molar-refractivity contribution in [2.45, 2.75) is 6.92 Å². The highest BCUT2D eigenvalue weighted by molar-refractivity contribution is 7.80. The lowest BCUT2D eigenvalue weighted by atomic mass is 10.2. The lowest BCUT2D eigenvalue weighted by Crippen LogP contribution is -2.27. The molecule has 3 N–H and O–H groups in total. The highest BCUT2D eigenvalue weighted by Crippen LogP contribution is 2.40. The molecule has 1 aromatic carbocycles. The van der Waals surface area contributed by atoms with E-state index in [0.717, 1.165) is 12.2 Å². The summed E-state index contributed by atoms with van der Waals surface area (Å²) in [4.78, 5) is 13.3. The van der Waals surface area contributed by atoms with Crippen molar-refractivity contribution in [1.29, 1.82) is 0 Å². The number of ether oxygens (including phenoxy) is 3. The van der Waals surface area contributed by atoms with Crippen molar-refractivity contribution in [2.75, 3.05) is 38.5 Å². The third-order valence-corrected chi connectivity index (χ3v) is 4.18. The summed E-state index contributed by atoms with van der Waals surface area (Å²) in [6.07, 6.45) is 3.27. The fourth-order valence-corrected chi connectivity index (χ4v) is 2.94. The number of methoxy groups -OCH3 is 3. The Bertz CT molecular complexity index is 1000. The second-order valence-corrected chi connectivity index (χ2v) is 6.25. The maximum absolute atomic E-state index is 5.38. The molecule has 152 valence electrons. The van der Waals surface area contributed by atoms with Gasteiger partial charge in [-0.3, -0.25) is 0 Å². The molecule has 3 rings (SSSR count). The molecule has 0 atom stereocenters. The fourth-order valence-electron chi connectivity index (χ4n) is 2.67. The summed E-state index contributed by atoms with van der Waals surface area (Å²) in [5.41, 5.74) is 2.58. The van der Waals surface area contributed by atoms with Crippen molar-refractivity contribution in [3.8, 4) is 17.2 Å². The van der Waals surface area contributed by atoms with Crippen molar-refractivity contribution in [1.82, 2.24) is 20.3 Å². The predicted molar refractivity (Wildman–Crippen MR) is 117 cm³/mol. The number of benzene rings is 1. The third kappa shape index (κ3) is 4.72. The van der Waals surface area contributed by atoms with E-state index < -0.39 is 0 Å². The van der Waals surface area contributed by atoms with Gasteiger partial charge in [-0.2, -0.15) is 0 Å². The van der Waals surface area contributed by atoms with E-state index in [2.05, 4.69) is 30.9 Å². The zero-order valence-corrected chi connectivity index (χ0v) is 17.4. The molecule has 0 radical (unpaired) electrons. The number of hydrogen-bond donors (Lipinski definition) is 3. The number of rotatable bonds is 7. The summed E-state index contributed by atoms with van der Waals surface area (Å²) in [5, 5.41) is 9.82. The normalized spacial score (nSPS) is 10.3. The number of fused-ring (bicyclic) bond motifs is 1. The molecule has 0 aliphatic rings. The number of pyridine rings is 1. The molecule has 2 aromatic heterocycles. The number of thiocarbonyl (C=S) groups is 1. The smallest absolute Gasteiger partial charge is 0.203 e. The van der Waals surface area contributed by atoms with Crippen molar-refractivity contribution in [2.24, 2.45) is 0 Å². The number of aromatic nitrogens is 3. The van der Waals surface area contributed by atoms with Gasteiger partial charge < -0.3 is 30.2 Å². The van der Waals surface area contributed by atoms with Gasteiger partial charge in [0, 0.05) is 24.4 Å². The molecule has 29 heavy (non-hydrogen) atoms. The summed E-state index contributed by atoms with van der Waals surface area (Å²) in [6.45, 7) is 2.70. The van der Waals surface area contributed by atoms with E-state index >= 15 is 0 Å². The van der Waals surface area contributed by atoms with Gasteiger partial charge in [0.1, 0.15) is 11.3 Å². The Kier molecular flexibility index (Phi) is 6.45.